The fourth-order valence-electron chi connectivity index (χ4n) is 3.03. The van der Waals surface area contributed by atoms with Crippen LogP contribution in [0, 0.1) is 27.7 Å². The molecule has 0 radical (unpaired) electrons. The summed E-state index contributed by atoms with van der Waals surface area (Å²) >= 11 is 0. The zero-order valence-corrected chi connectivity index (χ0v) is 15.9. The lowest BCUT2D eigenvalue weighted by molar-refractivity contribution is 1.05. The quantitative estimate of drug-likeness (QED) is 0.614. The van der Waals surface area contributed by atoms with Crippen LogP contribution < -0.4 is 5.49 Å². The van der Waals surface area contributed by atoms with Gasteiger partial charge in [0.1, 0.15) is 5.49 Å². The molecule has 1 heterocycles. The van der Waals surface area contributed by atoms with Crippen molar-refractivity contribution in [1.82, 2.24) is 4.98 Å². The molecule has 0 fully saturated rings. The monoisotopic (exact) mass is 343 g/mol. The number of nitrogens with zero attached hydrogens (tertiary/aromatic N) is 2. The molecule has 0 saturated heterocycles. The molecule has 3 aromatic rings. The maximum atomic E-state index is 4.80. The van der Waals surface area contributed by atoms with Crippen LogP contribution in [-0.2, 0) is 6.42 Å². The third kappa shape index (κ3) is 4.17. The second kappa shape index (κ2) is 7.96. The van der Waals surface area contributed by atoms with Crippen LogP contribution in [0.2, 0.25) is 0 Å². The molecule has 0 atom stereocenters. The molecule has 0 aliphatic rings. The first-order valence-electron chi connectivity index (χ1n) is 8.92. The smallest absolute Gasteiger partial charge is 0.130 e. The molecule has 0 aliphatic carbocycles. The van der Waals surface area contributed by atoms with Gasteiger partial charge in [0, 0.05) is 18.3 Å². The minimum atomic E-state index is 0.740. The van der Waals surface area contributed by atoms with Crippen molar-refractivity contribution in [3.63, 3.8) is 0 Å². The first kappa shape index (κ1) is 17.9. The molecule has 0 spiro atoms. The summed E-state index contributed by atoms with van der Waals surface area (Å²) in [5.74, 6) is 0. The maximum absolute atomic E-state index is 4.80. The van der Waals surface area contributed by atoms with E-state index in [1.807, 2.05) is 18.3 Å². The number of nitrogens with one attached hydrogen (secondary N) is 1. The van der Waals surface area contributed by atoms with E-state index in [4.69, 9.17) is 4.99 Å². The number of aliphatic imine (C=N–C) groups is 1. The Bertz CT molecular complexity index is 969. The molecule has 1 N–H and O–H groups in total. The summed E-state index contributed by atoms with van der Waals surface area (Å²) in [5, 5.41) is 0. The predicted molar refractivity (Wildman–Crippen MR) is 110 cm³/mol. The lowest BCUT2D eigenvalue weighted by atomic mass is 10.1. The average molecular weight is 343 g/mol. The van der Waals surface area contributed by atoms with Gasteiger partial charge in [0.2, 0.25) is 0 Å². The summed E-state index contributed by atoms with van der Waals surface area (Å²) in [4.78, 5) is 12.9. The van der Waals surface area contributed by atoms with Crippen LogP contribution in [0.15, 0.2) is 64.6 Å². The predicted octanol–water partition coefficient (Wildman–Crippen LogP) is 5.43. The highest BCUT2D eigenvalue weighted by atomic mass is 14.9. The Labute approximate surface area is 155 Å². The Morgan fingerprint density at radius 1 is 0.731 bits per heavy atom. The number of hydrogen-bond acceptors (Lipinski definition) is 2. The molecule has 132 valence electrons. The van der Waals surface area contributed by atoms with E-state index in [0.29, 0.717) is 0 Å². The standard InChI is InChI=1S/C23H25N3/c1-16-8-5-9-17(2)22(16)24-15-14-20-12-7-13-21(25-20)26-23-18(3)10-6-11-19(23)4/h5-13,15H,14H2,1-4H3,(H,25,26). The van der Waals surface area contributed by atoms with Crippen molar-refractivity contribution in [3.05, 3.63) is 88.0 Å². The highest BCUT2D eigenvalue weighted by Crippen LogP contribution is 2.23. The number of para-hydroxylation sites is 2. The van der Waals surface area contributed by atoms with Gasteiger partial charge in [0.05, 0.1) is 11.4 Å². The Kier molecular flexibility index (Phi) is 5.47. The van der Waals surface area contributed by atoms with Gasteiger partial charge in [-0.3, -0.25) is 4.99 Å². The molecule has 0 unspecified atom stereocenters. The van der Waals surface area contributed by atoms with Gasteiger partial charge in [-0.25, -0.2) is 4.99 Å². The van der Waals surface area contributed by atoms with E-state index < -0.39 is 0 Å². The van der Waals surface area contributed by atoms with Crippen molar-refractivity contribution < 1.29 is 0 Å². The van der Waals surface area contributed by atoms with Gasteiger partial charge in [-0.05, 0) is 62.1 Å². The molecule has 0 saturated carbocycles. The molecular weight excluding hydrogens is 318 g/mol. The number of rotatable bonds is 4. The Balaban J connectivity index is 1.84. The third-order valence-electron chi connectivity index (χ3n) is 4.48. The van der Waals surface area contributed by atoms with E-state index in [9.17, 15) is 0 Å². The minimum absolute atomic E-state index is 0.740. The van der Waals surface area contributed by atoms with E-state index in [-0.39, 0.29) is 0 Å². The van der Waals surface area contributed by atoms with Crippen LogP contribution in [0.3, 0.4) is 0 Å². The van der Waals surface area contributed by atoms with Crippen LogP contribution in [0.4, 0.5) is 11.4 Å². The largest absolute Gasteiger partial charge is 0.343 e. The van der Waals surface area contributed by atoms with Crippen LogP contribution in [0.1, 0.15) is 27.9 Å². The number of H-pyrrole nitrogens is 1. The number of aryl methyl sites for hydroxylation is 4. The number of aromatic amines is 1. The van der Waals surface area contributed by atoms with Gasteiger partial charge in [0.15, 0.2) is 0 Å². The van der Waals surface area contributed by atoms with Gasteiger partial charge in [-0.1, -0.05) is 42.5 Å². The van der Waals surface area contributed by atoms with Crippen molar-refractivity contribution in [1.29, 1.82) is 0 Å². The molecule has 3 rings (SSSR count). The Hall–Kier alpha value is -2.94. The summed E-state index contributed by atoms with van der Waals surface area (Å²) in [6.45, 7) is 8.37. The third-order valence-corrected chi connectivity index (χ3v) is 4.48. The van der Waals surface area contributed by atoms with Crippen molar-refractivity contribution in [2.24, 2.45) is 9.98 Å². The van der Waals surface area contributed by atoms with Gasteiger partial charge in [0.25, 0.3) is 0 Å². The zero-order valence-electron chi connectivity index (χ0n) is 15.9. The summed E-state index contributed by atoms with van der Waals surface area (Å²) in [6, 6.07) is 18.6. The first-order chi connectivity index (χ1) is 12.5. The van der Waals surface area contributed by atoms with E-state index >= 15 is 0 Å². The topological polar surface area (TPSA) is 40.5 Å². The highest BCUT2D eigenvalue weighted by Gasteiger charge is 2.00. The average Bonchev–Trinajstić information content (AvgIpc) is 2.61. The molecule has 1 aromatic heterocycles. The van der Waals surface area contributed by atoms with Crippen molar-refractivity contribution in [2.75, 3.05) is 0 Å². The number of hydrogen-bond donors (Lipinski definition) is 1. The molecular formula is C23H25N3. The van der Waals surface area contributed by atoms with Crippen molar-refractivity contribution in [3.8, 4) is 0 Å². The van der Waals surface area contributed by atoms with Crippen molar-refractivity contribution in [2.45, 2.75) is 34.1 Å². The first-order valence-corrected chi connectivity index (χ1v) is 8.92. The Morgan fingerprint density at radius 3 is 1.88 bits per heavy atom. The van der Waals surface area contributed by atoms with E-state index in [1.165, 1.54) is 22.3 Å². The lowest BCUT2D eigenvalue weighted by Gasteiger charge is -2.05. The Morgan fingerprint density at radius 2 is 1.27 bits per heavy atom. The molecule has 26 heavy (non-hydrogen) atoms. The summed E-state index contributed by atoms with van der Waals surface area (Å²) < 4.78 is 0. The molecule has 0 bridgehead atoms. The fraction of sp³-hybridized carbons (Fsp3) is 0.217. The SMILES string of the molecule is Cc1cccc(C)c1N=CCc1cccc(=Nc2c(C)cccc2C)[nH]1. The van der Waals surface area contributed by atoms with Gasteiger partial charge < -0.3 is 4.98 Å². The van der Waals surface area contributed by atoms with Crippen molar-refractivity contribution >= 4 is 17.6 Å². The van der Waals surface area contributed by atoms with Crippen LogP contribution in [-0.4, -0.2) is 11.2 Å². The molecule has 0 aliphatic heterocycles. The zero-order chi connectivity index (χ0) is 18.5. The number of aromatic nitrogens is 1. The second-order valence-electron chi connectivity index (χ2n) is 6.67. The maximum Gasteiger partial charge on any atom is 0.130 e. The summed E-state index contributed by atoms with van der Waals surface area (Å²) in [7, 11) is 0. The minimum Gasteiger partial charge on any atom is -0.343 e. The van der Waals surface area contributed by atoms with Crippen LogP contribution in [0.25, 0.3) is 0 Å². The highest BCUT2D eigenvalue weighted by molar-refractivity contribution is 5.68. The molecule has 2 aromatic carbocycles. The summed E-state index contributed by atoms with van der Waals surface area (Å²) in [5.41, 5.74) is 8.80. The van der Waals surface area contributed by atoms with Crippen LogP contribution in [0.5, 0.6) is 0 Å². The number of pyridine rings is 1. The lowest BCUT2D eigenvalue weighted by Crippen LogP contribution is -2.09. The van der Waals surface area contributed by atoms with Gasteiger partial charge in [-0.15, -0.1) is 0 Å². The van der Waals surface area contributed by atoms with E-state index in [0.717, 1.165) is 29.0 Å². The fourth-order valence-corrected chi connectivity index (χ4v) is 3.03. The second-order valence-corrected chi connectivity index (χ2v) is 6.67. The van der Waals surface area contributed by atoms with Crippen LogP contribution >= 0.6 is 0 Å². The molecule has 0 amide bonds. The molecule has 3 heteroatoms. The normalized spacial score (nSPS) is 12.1. The molecule has 3 nitrogen and oxygen atoms in total. The summed E-state index contributed by atoms with van der Waals surface area (Å²) in [6.07, 6.45) is 2.70. The van der Waals surface area contributed by atoms with E-state index in [1.54, 1.807) is 0 Å². The van der Waals surface area contributed by atoms with Gasteiger partial charge >= 0.3 is 0 Å². The number of benzene rings is 2. The van der Waals surface area contributed by atoms with Gasteiger partial charge in [-0.2, -0.15) is 0 Å². The van der Waals surface area contributed by atoms with E-state index in [2.05, 4.69) is 80.1 Å².